The Morgan fingerprint density at radius 3 is 2.80 bits per heavy atom. The Hall–Kier alpha value is -2.04. The van der Waals surface area contributed by atoms with Crippen LogP contribution in [-0.4, -0.2) is 26.0 Å². The standard InChI is InChI=1S/C15H21N5/c1-4-5-14-18-12(3)9-15(20-14)19-11(2)8-13-10-16-6-7-17-13/h6-7,9-11H,4-5,8H2,1-3H3,(H,18,19,20)/t11-/m1/s1. The highest BCUT2D eigenvalue weighted by atomic mass is 15.0. The predicted molar refractivity (Wildman–Crippen MR) is 79.6 cm³/mol. The summed E-state index contributed by atoms with van der Waals surface area (Å²) < 4.78 is 0. The molecule has 5 heteroatoms. The van der Waals surface area contributed by atoms with Crippen LogP contribution in [0.25, 0.3) is 0 Å². The highest BCUT2D eigenvalue weighted by Crippen LogP contribution is 2.10. The molecule has 0 fully saturated rings. The van der Waals surface area contributed by atoms with E-state index in [4.69, 9.17) is 0 Å². The average Bonchev–Trinajstić information content (AvgIpc) is 2.39. The van der Waals surface area contributed by atoms with Gasteiger partial charge in [-0.15, -0.1) is 0 Å². The van der Waals surface area contributed by atoms with Crippen LogP contribution in [0.4, 0.5) is 5.82 Å². The third-order valence-electron chi connectivity index (χ3n) is 2.90. The topological polar surface area (TPSA) is 63.6 Å². The van der Waals surface area contributed by atoms with Crippen LogP contribution < -0.4 is 5.32 Å². The van der Waals surface area contributed by atoms with Gasteiger partial charge in [-0.3, -0.25) is 9.97 Å². The average molecular weight is 271 g/mol. The van der Waals surface area contributed by atoms with E-state index in [0.717, 1.165) is 42.3 Å². The molecule has 2 aromatic rings. The smallest absolute Gasteiger partial charge is 0.130 e. The fraction of sp³-hybridized carbons (Fsp3) is 0.467. The Balaban J connectivity index is 2.02. The van der Waals surface area contributed by atoms with Gasteiger partial charge in [0.25, 0.3) is 0 Å². The van der Waals surface area contributed by atoms with Gasteiger partial charge < -0.3 is 5.32 Å². The van der Waals surface area contributed by atoms with E-state index in [1.54, 1.807) is 18.6 Å². The fourth-order valence-corrected chi connectivity index (χ4v) is 2.09. The quantitative estimate of drug-likeness (QED) is 0.874. The first-order chi connectivity index (χ1) is 9.67. The van der Waals surface area contributed by atoms with Crippen LogP contribution in [0, 0.1) is 6.92 Å². The third-order valence-corrected chi connectivity index (χ3v) is 2.90. The van der Waals surface area contributed by atoms with E-state index < -0.39 is 0 Å². The van der Waals surface area contributed by atoms with Gasteiger partial charge in [-0.1, -0.05) is 6.92 Å². The van der Waals surface area contributed by atoms with Gasteiger partial charge in [-0.05, 0) is 20.3 Å². The van der Waals surface area contributed by atoms with E-state index in [0.29, 0.717) is 0 Å². The second-order valence-electron chi connectivity index (χ2n) is 5.01. The van der Waals surface area contributed by atoms with Gasteiger partial charge in [-0.25, -0.2) is 9.97 Å². The Bertz CT molecular complexity index is 541. The number of nitrogens with one attached hydrogen (secondary N) is 1. The van der Waals surface area contributed by atoms with Gasteiger partial charge in [0, 0.05) is 49.2 Å². The zero-order chi connectivity index (χ0) is 14.4. The Labute approximate surface area is 119 Å². The van der Waals surface area contributed by atoms with E-state index in [-0.39, 0.29) is 6.04 Å². The molecule has 2 heterocycles. The molecule has 2 aromatic heterocycles. The lowest BCUT2D eigenvalue weighted by molar-refractivity contribution is 0.752. The molecule has 0 spiro atoms. The summed E-state index contributed by atoms with van der Waals surface area (Å²) >= 11 is 0. The zero-order valence-electron chi connectivity index (χ0n) is 12.3. The van der Waals surface area contributed by atoms with Gasteiger partial charge in [0.05, 0.1) is 5.69 Å². The monoisotopic (exact) mass is 271 g/mol. The van der Waals surface area contributed by atoms with Crippen molar-refractivity contribution < 1.29 is 0 Å². The van der Waals surface area contributed by atoms with Crippen LogP contribution in [0.15, 0.2) is 24.7 Å². The number of aryl methyl sites for hydroxylation is 2. The molecule has 0 amide bonds. The van der Waals surface area contributed by atoms with Gasteiger partial charge in [0.1, 0.15) is 11.6 Å². The summed E-state index contributed by atoms with van der Waals surface area (Å²) in [6, 6.07) is 2.22. The van der Waals surface area contributed by atoms with E-state index in [1.807, 2.05) is 13.0 Å². The zero-order valence-corrected chi connectivity index (χ0v) is 12.3. The number of hydrogen-bond donors (Lipinski definition) is 1. The van der Waals surface area contributed by atoms with E-state index in [2.05, 4.69) is 39.1 Å². The van der Waals surface area contributed by atoms with E-state index in [1.165, 1.54) is 0 Å². The summed E-state index contributed by atoms with van der Waals surface area (Å²) in [4.78, 5) is 17.4. The summed E-state index contributed by atoms with van der Waals surface area (Å²) in [5, 5.41) is 3.41. The maximum absolute atomic E-state index is 4.55. The minimum atomic E-state index is 0.246. The molecule has 0 aliphatic carbocycles. The van der Waals surface area contributed by atoms with Crippen molar-refractivity contribution in [2.75, 3.05) is 5.32 Å². The van der Waals surface area contributed by atoms with Crippen molar-refractivity contribution in [3.63, 3.8) is 0 Å². The first-order valence-corrected chi connectivity index (χ1v) is 7.03. The second kappa shape index (κ2) is 6.93. The molecule has 0 aliphatic rings. The van der Waals surface area contributed by atoms with Gasteiger partial charge in [0.2, 0.25) is 0 Å². The summed E-state index contributed by atoms with van der Waals surface area (Å²) in [5.41, 5.74) is 1.98. The largest absolute Gasteiger partial charge is 0.367 e. The SMILES string of the molecule is CCCc1nc(C)cc(N[C@H](C)Cc2cnccn2)n1. The molecular weight excluding hydrogens is 250 g/mol. The van der Waals surface area contributed by atoms with Gasteiger partial charge in [0.15, 0.2) is 0 Å². The molecule has 0 bridgehead atoms. The van der Waals surface area contributed by atoms with E-state index in [9.17, 15) is 0 Å². The predicted octanol–water partition coefficient (Wildman–Crippen LogP) is 2.57. The lowest BCUT2D eigenvalue weighted by atomic mass is 10.2. The van der Waals surface area contributed by atoms with Gasteiger partial charge in [-0.2, -0.15) is 0 Å². The molecule has 1 atom stereocenters. The van der Waals surface area contributed by atoms with Gasteiger partial charge >= 0.3 is 0 Å². The molecule has 106 valence electrons. The van der Waals surface area contributed by atoms with Crippen molar-refractivity contribution in [2.24, 2.45) is 0 Å². The fourth-order valence-electron chi connectivity index (χ4n) is 2.09. The maximum Gasteiger partial charge on any atom is 0.130 e. The van der Waals surface area contributed by atoms with Crippen molar-refractivity contribution in [3.05, 3.63) is 41.9 Å². The Morgan fingerprint density at radius 2 is 2.10 bits per heavy atom. The van der Waals surface area contributed by atoms with Crippen molar-refractivity contribution in [3.8, 4) is 0 Å². The van der Waals surface area contributed by atoms with E-state index >= 15 is 0 Å². The molecule has 0 unspecified atom stereocenters. The highest BCUT2D eigenvalue weighted by Gasteiger charge is 2.07. The minimum Gasteiger partial charge on any atom is -0.367 e. The van der Waals surface area contributed by atoms with Crippen molar-refractivity contribution in [1.82, 2.24) is 19.9 Å². The highest BCUT2D eigenvalue weighted by molar-refractivity contribution is 5.37. The van der Waals surface area contributed by atoms with Crippen LogP contribution >= 0.6 is 0 Å². The lowest BCUT2D eigenvalue weighted by Crippen LogP contribution is -2.20. The first kappa shape index (κ1) is 14.4. The van der Waals surface area contributed by atoms with Crippen LogP contribution in [0.3, 0.4) is 0 Å². The van der Waals surface area contributed by atoms with Crippen LogP contribution in [0.2, 0.25) is 0 Å². The number of nitrogens with zero attached hydrogens (tertiary/aromatic N) is 4. The normalized spacial score (nSPS) is 12.2. The van der Waals surface area contributed by atoms with Crippen molar-refractivity contribution in [2.45, 2.75) is 46.1 Å². The molecular formula is C15H21N5. The molecule has 20 heavy (non-hydrogen) atoms. The minimum absolute atomic E-state index is 0.246. The maximum atomic E-state index is 4.55. The number of aromatic nitrogens is 4. The van der Waals surface area contributed by atoms with Crippen LogP contribution in [-0.2, 0) is 12.8 Å². The molecule has 0 radical (unpaired) electrons. The molecule has 2 rings (SSSR count). The second-order valence-corrected chi connectivity index (χ2v) is 5.01. The van der Waals surface area contributed by atoms with Crippen LogP contribution in [0.1, 0.15) is 37.5 Å². The molecule has 0 aromatic carbocycles. The molecule has 5 nitrogen and oxygen atoms in total. The molecule has 0 saturated heterocycles. The third kappa shape index (κ3) is 4.26. The van der Waals surface area contributed by atoms with Crippen molar-refractivity contribution in [1.29, 1.82) is 0 Å². The summed E-state index contributed by atoms with van der Waals surface area (Å²) in [7, 11) is 0. The molecule has 0 aliphatic heterocycles. The molecule has 1 N–H and O–H groups in total. The number of hydrogen-bond acceptors (Lipinski definition) is 5. The Kier molecular flexibility index (Phi) is 4.98. The Morgan fingerprint density at radius 1 is 1.25 bits per heavy atom. The summed E-state index contributed by atoms with van der Waals surface area (Å²) in [6.07, 6.45) is 7.99. The van der Waals surface area contributed by atoms with Crippen molar-refractivity contribution >= 4 is 5.82 Å². The number of rotatable bonds is 6. The molecule has 0 saturated carbocycles. The van der Waals surface area contributed by atoms with Crippen LogP contribution in [0.5, 0.6) is 0 Å². The lowest BCUT2D eigenvalue weighted by Gasteiger charge is -2.15. The first-order valence-electron chi connectivity index (χ1n) is 7.03. The summed E-state index contributed by atoms with van der Waals surface area (Å²) in [6.45, 7) is 6.25. The summed E-state index contributed by atoms with van der Waals surface area (Å²) in [5.74, 6) is 1.79. The number of anilines is 1.